The average molecular weight is 223 g/mol. The molecule has 1 aromatic rings. The maximum Gasteiger partial charge on any atom is 0.146 e. The van der Waals surface area contributed by atoms with Crippen LogP contribution >= 0.6 is 0 Å². The molecule has 4 heteroatoms. The van der Waals surface area contributed by atoms with Crippen LogP contribution in [-0.2, 0) is 4.74 Å². The van der Waals surface area contributed by atoms with Crippen LogP contribution in [0.4, 0.5) is 11.5 Å². The number of nitrogen functional groups attached to an aromatic ring is 1. The number of nitrogens with two attached hydrogens (primary N) is 1. The standard InChI is InChI=1S/C12H21N3O/c1-10(2)16-9-4-3-7-14-11-6-5-8-15-12(11)13/h5-6,8,10,14H,3-4,7,9H2,1-2H3,(H2,13,15). The van der Waals surface area contributed by atoms with Crippen molar-refractivity contribution in [1.82, 2.24) is 4.98 Å². The van der Waals surface area contributed by atoms with Gasteiger partial charge in [-0.05, 0) is 38.8 Å². The van der Waals surface area contributed by atoms with Crippen molar-refractivity contribution in [3.05, 3.63) is 18.3 Å². The number of pyridine rings is 1. The number of aromatic nitrogens is 1. The summed E-state index contributed by atoms with van der Waals surface area (Å²) in [6, 6.07) is 3.81. The third-order valence-corrected chi connectivity index (χ3v) is 2.18. The smallest absolute Gasteiger partial charge is 0.146 e. The fourth-order valence-electron chi connectivity index (χ4n) is 1.34. The highest BCUT2D eigenvalue weighted by atomic mass is 16.5. The average Bonchev–Trinajstić information content (AvgIpc) is 2.25. The SMILES string of the molecule is CC(C)OCCCCNc1cccnc1N. The van der Waals surface area contributed by atoms with E-state index >= 15 is 0 Å². The molecule has 0 aliphatic carbocycles. The number of hydrogen-bond donors (Lipinski definition) is 2. The van der Waals surface area contributed by atoms with Gasteiger partial charge in [-0.1, -0.05) is 0 Å². The predicted molar refractivity (Wildman–Crippen MR) is 67.5 cm³/mol. The Kier molecular flexibility index (Phi) is 5.64. The summed E-state index contributed by atoms with van der Waals surface area (Å²) in [5.41, 5.74) is 6.61. The van der Waals surface area contributed by atoms with E-state index in [1.807, 2.05) is 12.1 Å². The second-order valence-corrected chi connectivity index (χ2v) is 3.99. The molecule has 0 aliphatic heterocycles. The van der Waals surface area contributed by atoms with Gasteiger partial charge in [0.25, 0.3) is 0 Å². The van der Waals surface area contributed by atoms with Crippen molar-refractivity contribution >= 4 is 11.5 Å². The van der Waals surface area contributed by atoms with E-state index in [1.54, 1.807) is 6.20 Å². The molecule has 1 rings (SSSR count). The molecule has 0 amide bonds. The van der Waals surface area contributed by atoms with Gasteiger partial charge in [-0.2, -0.15) is 0 Å². The van der Waals surface area contributed by atoms with Crippen LogP contribution in [0.25, 0.3) is 0 Å². The molecular weight excluding hydrogens is 202 g/mol. The molecule has 0 aromatic carbocycles. The highest BCUT2D eigenvalue weighted by molar-refractivity contribution is 5.60. The number of hydrogen-bond acceptors (Lipinski definition) is 4. The van der Waals surface area contributed by atoms with Gasteiger partial charge in [0.1, 0.15) is 5.82 Å². The zero-order valence-corrected chi connectivity index (χ0v) is 10.1. The van der Waals surface area contributed by atoms with Gasteiger partial charge < -0.3 is 15.8 Å². The van der Waals surface area contributed by atoms with Crippen LogP contribution in [-0.4, -0.2) is 24.2 Å². The molecule has 4 nitrogen and oxygen atoms in total. The summed E-state index contributed by atoms with van der Waals surface area (Å²) in [4.78, 5) is 4.01. The Hall–Kier alpha value is -1.29. The van der Waals surface area contributed by atoms with E-state index in [0.717, 1.165) is 31.7 Å². The summed E-state index contributed by atoms with van der Waals surface area (Å²) in [6.07, 6.45) is 4.14. The predicted octanol–water partition coefficient (Wildman–Crippen LogP) is 2.28. The summed E-state index contributed by atoms with van der Waals surface area (Å²) in [5, 5.41) is 3.26. The highest BCUT2D eigenvalue weighted by Gasteiger charge is 1.97. The van der Waals surface area contributed by atoms with Crippen molar-refractivity contribution in [2.45, 2.75) is 32.8 Å². The van der Waals surface area contributed by atoms with Crippen molar-refractivity contribution in [2.24, 2.45) is 0 Å². The number of anilines is 2. The molecule has 1 aromatic heterocycles. The molecule has 0 saturated carbocycles. The molecule has 16 heavy (non-hydrogen) atoms. The molecule has 0 spiro atoms. The van der Waals surface area contributed by atoms with Crippen LogP contribution in [0.2, 0.25) is 0 Å². The van der Waals surface area contributed by atoms with Gasteiger partial charge in [-0.3, -0.25) is 0 Å². The van der Waals surface area contributed by atoms with Crippen LogP contribution < -0.4 is 11.1 Å². The topological polar surface area (TPSA) is 60.2 Å². The van der Waals surface area contributed by atoms with E-state index in [0.29, 0.717) is 11.9 Å². The molecular formula is C12H21N3O. The lowest BCUT2D eigenvalue weighted by Crippen LogP contribution is -2.08. The summed E-state index contributed by atoms with van der Waals surface area (Å²) in [7, 11) is 0. The van der Waals surface area contributed by atoms with Gasteiger partial charge in [0, 0.05) is 19.3 Å². The number of ether oxygens (including phenoxy) is 1. The normalized spacial score (nSPS) is 10.7. The molecule has 0 saturated heterocycles. The van der Waals surface area contributed by atoms with E-state index in [2.05, 4.69) is 24.1 Å². The van der Waals surface area contributed by atoms with E-state index in [4.69, 9.17) is 10.5 Å². The lowest BCUT2D eigenvalue weighted by Gasteiger charge is -2.09. The van der Waals surface area contributed by atoms with Crippen molar-refractivity contribution in [2.75, 3.05) is 24.2 Å². The third-order valence-electron chi connectivity index (χ3n) is 2.18. The zero-order chi connectivity index (χ0) is 11.8. The first-order valence-corrected chi connectivity index (χ1v) is 5.76. The Balaban J connectivity index is 2.10. The molecule has 0 bridgehead atoms. The fraction of sp³-hybridized carbons (Fsp3) is 0.583. The van der Waals surface area contributed by atoms with Crippen LogP contribution in [0.1, 0.15) is 26.7 Å². The van der Waals surface area contributed by atoms with Gasteiger partial charge in [0.05, 0.1) is 11.8 Å². The van der Waals surface area contributed by atoms with E-state index in [-0.39, 0.29) is 0 Å². The first kappa shape index (κ1) is 12.8. The zero-order valence-electron chi connectivity index (χ0n) is 10.1. The van der Waals surface area contributed by atoms with Crippen molar-refractivity contribution in [1.29, 1.82) is 0 Å². The van der Waals surface area contributed by atoms with Gasteiger partial charge in [0.15, 0.2) is 0 Å². The Labute approximate surface area is 97.2 Å². The minimum atomic E-state index is 0.321. The van der Waals surface area contributed by atoms with Crippen molar-refractivity contribution in [3.8, 4) is 0 Å². The molecule has 0 unspecified atom stereocenters. The van der Waals surface area contributed by atoms with Crippen LogP contribution in [0.3, 0.4) is 0 Å². The maximum absolute atomic E-state index is 5.70. The fourth-order valence-corrected chi connectivity index (χ4v) is 1.34. The largest absolute Gasteiger partial charge is 0.382 e. The van der Waals surface area contributed by atoms with Crippen LogP contribution in [0, 0.1) is 0 Å². The van der Waals surface area contributed by atoms with Gasteiger partial charge in [-0.15, -0.1) is 0 Å². The first-order valence-electron chi connectivity index (χ1n) is 5.76. The summed E-state index contributed by atoms with van der Waals surface area (Å²) in [6.45, 7) is 5.82. The Morgan fingerprint density at radius 1 is 1.44 bits per heavy atom. The summed E-state index contributed by atoms with van der Waals surface area (Å²) < 4.78 is 5.45. The Morgan fingerprint density at radius 2 is 2.25 bits per heavy atom. The van der Waals surface area contributed by atoms with E-state index in [9.17, 15) is 0 Å². The van der Waals surface area contributed by atoms with Crippen LogP contribution in [0.15, 0.2) is 18.3 Å². The van der Waals surface area contributed by atoms with E-state index < -0.39 is 0 Å². The maximum atomic E-state index is 5.70. The number of unbranched alkanes of at least 4 members (excludes halogenated alkanes) is 1. The number of nitrogens with one attached hydrogen (secondary N) is 1. The molecule has 0 radical (unpaired) electrons. The minimum absolute atomic E-state index is 0.321. The van der Waals surface area contributed by atoms with Gasteiger partial charge in [0.2, 0.25) is 0 Å². The second-order valence-electron chi connectivity index (χ2n) is 3.99. The summed E-state index contributed by atoms with van der Waals surface area (Å²) in [5.74, 6) is 0.556. The lowest BCUT2D eigenvalue weighted by atomic mass is 10.3. The molecule has 0 atom stereocenters. The molecule has 0 fully saturated rings. The Bertz CT molecular complexity index is 302. The third kappa shape index (κ3) is 4.98. The minimum Gasteiger partial charge on any atom is -0.382 e. The second kappa shape index (κ2) is 7.06. The number of rotatable bonds is 7. The molecule has 90 valence electrons. The van der Waals surface area contributed by atoms with Crippen molar-refractivity contribution in [3.63, 3.8) is 0 Å². The van der Waals surface area contributed by atoms with Gasteiger partial charge in [-0.25, -0.2) is 4.98 Å². The van der Waals surface area contributed by atoms with Crippen LogP contribution in [0.5, 0.6) is 0 Å². The molecule has 3 N–H and O–H groups in total. The number of nitrogens with zero attached hydrogens (tertiary/aromatic N) is 1. The highest BCUT2D eigenvalue weighted by Crippen LogP contribution is 2.13. The van der Waals surface area contributed by atoms with E-state index in [1.165, 1.54) is 0 Å². The van der Waals surface area contributed by atoms with Crippen molar-refractivity contribution < 1.29 is 4.74 Å². The van der Waals surface area contributed by atoms with Gasteiger partial charge >= 0.3 is 0 Å². The quantitative estimate of drug-likeness (QED) is 0.696. The summed E-state index contributed by atoms with van der Waals surface area (Å²) >= 11 is 0. The first-order chi connectivity index (χ1) is 7.70. The molecule has 1 heterocycles. The Morgan fingerprint density at radius 3 is 2.94 bits per heavy atom. The molecule has 0 aliphatic rings. The lowest BCUT2D eigenvalue weighted by molar-refractivity contribution is 0.0765. The monoisotopic (exact) mass is 223 g/mol.